The smallest absolute Gasteiger partial charge is 0.135 e. The summed E-state index contributed by atoms with van der Waals surface area (Å²) in [5.41, 5.74) is 1.93. The quantitative estimate of drug-likeness (QED) is 0.585. The number of furan rings is 1. The molecule has 2 aromatic rings. The van der Waals surface area contributed by atoms with Crippen molar-refractivity contribution >= 4 is 22.6 Å². The Morgan fingerprint density at radius 3 is 3.00 bits per heavy atom. The van der Waals surface area contributed by atoms with Crippen LogP contribution in [0.15, 0.2) is 28.9 Å². The second kappa shape index (κ2) is 2.28. The molecule has 0 aliphatic heterocycles. The van der Waals surface area contributed by atoms with E-state index in [9.17, 15) is 0 Å². The predicted molar refractivity (Wildman–Crippen MR) is 46.0 cm³/mol. The van der Waals surface area contributed by atoms with Gasteiger partial charge in [-0.2, -0.15) is 0 Å². The largest absolute Gasteiger partial charge is 0.464 e. The van der Waals surface area contributed by atoms with E-state index >= 15 is 0 Å². The fraction of sp³-hybridized carbons (Fsp3) is 0.111. The first-order chi connectivity index (χ1) is 5.27. The summed E-state index contributed by atoms with van der Waals surface area (Å²) in [6, 6.07) is 5.78. The van der Waals surface area contributed by atoms with E-state index < -0.39 is 0 Å². The number of hydrogen-bond acceptors (Lipinski definition) is 1. The summed E-state index contributed by atoms with van der Waals surface area (Å²) >= 11 is 5.88. The van der Waals surface area contributed by atoms with Crippen molar-refractivity contribution in [3.8, 4) is 0 Å². The maximum atomic E-state index is 5.88. The number of hydrogen-bond donors (Lipinski definition) is 0. The van der Waals surface area contributed by atoms with Gasteiger partial charge < -0.3 is 4.42 Å². The molecule has 0 radical (unpaired) electrons. The summed E-state index contributed by atoms with van der Waals surface area (Å²) in [4.78, 5) is 0. The molecule has 0 aliphatic rings. The molecule has 11 heavy (non-hydrogen) atoms. The van der Waals surface area contributed by atoms with Gasteiger partial charge in [-0.15, -0.1) is 0 Å². The van der Waals surface area contributed by atoms with Gasteiger partial charge in [-0.3, -0.25) is 0 Å². The highest BCUT2D eigenvalue weighted by Crippen LogP contribution is 2.23. The van der Waals surface area contributed by atoms with Crippen LogP contribution in [0.2, 0.25) is 5.02 Å². The number of fused-ring (bicyclic) bond motifs is 1. The Hall–Kier alpha value is -0.950. The molecule has 0 unspecified atom stereocenters. The number of rotatable bonds is 0. The van der Waals surface area contributed by atoms with Crippen molar-refractivity contribution in [1.82, 2.24) is 0 Å². The van der Waals surface area contributed by atoms with Crippen LogP contribution >= 0.6 is 11.6 Å². The van der Waals surface area contributed by atoms with E-state index in [0.29, 0.717) is 0 Å². The third kappa shape index (κ3) is 1.02. The first-order valence-corrected chi connectivity index (χ1v) is 3.78. The minimum Gasteiger partial charge on any atom is -0.464 e. The monoisotopic (exact) mass is 166 g/mol. The van der Waals surface area contributed by atoms with Gasteiger partial charge in [0.25, 0.3) is 0 Å². The molecule has 0 saturated heterocycles. The summed E-state index contributed by atoms with van der Waals surface area (Å²) in [5, 5.41) is 1.86. The zero-order valence-electron chi connectivity index (χ0n) is 6.10. The van der Waals surface area contributed by atoms with E-state index in [4.69, 9.17) is 16.0 Å². The van der Waals surface area contributed by atoms with Crippen LogP contribution in [0.4, 0.5) is 0 Å². The summed E-state index contributed by atoms with van der Waals surface area (Å²) in [5.74, 6) is 0. The Balaban J connectivity index is 2.86. The van der Waals surface area contributed by atoms with Crippen molar-refractivity contribution in [2.24, 2.45) is 0 Å². The van der Waals surface area contributed by atoms with Crippen molar-refractivity contribution in [2.45, 2.75) is 6.92 Å². The molecule has 0 fully saturated rings. The van der Waals surface area contributed by atoms with Gasteiger partial charge in [0.05, 0.1) is 6.26 Å². The van der Waals surface area contributed by atoms with Crippen LogP contribution < -0.4 is 0 Å². The fourth-order valence-corrected chi connectivity index (χ4v) is 1.25. The summed E-state index contributed by atoms with van der Waals surface area (Å²) < 4.78 is 5.17. The molecular formula is C9H7ClO. The zero-order chi connectivity index (χ0) is 7.84. The maximum Gasteiger partial charge on any atom is 0.135 e. The van der Waals surface area contributed by atoms with Crippen molar-refractivity contribution in [1.29, 1.82) is 0 Å². The zero-order valence-corrected chi connectivity index (χ0v) is 6.85. The molecule has 0 amide bonds. The third-order valence-electron chi connectivity index (χ3n) is 1.73. The van der Waals surface area contributed by atoms with Crippen LogP contribution in [0.25, 0.3) is 11.0 Å². The Morgan fingerprint density at radius 2 is 2.18 bits per heavy atom. The lowest BCUT2D eigenvalue weighted by molar-refractivity contribution is 0.616. The van der Waals surface area contributed by atoms with Crippen LogP contribution in [0, 0.1) is 6.92 Å². The first kappa shape index (κ1) is 6.74. The molecular weight excluding hydrogens is 160 g/mol. The highest BCUT2D eigenvalue weighted by Gasteiger charge is 2.00. The molecule has 0 spiro atoms. The molecule has 1 nitrogen and oxygen atoms in total. The lowest BCUT2D eigenvalue weighted by atomic mass is 10.2. The molecule has 56 valence electrons. The predicted octanol–water partition coefficient (Wildman–Crippen LogP) is 3.39. The van der Waals surface area contributed by atoms with Gasteiger partial charge in [-0.05, 0) is 24.6 Å². The van der Waals surface area contributed by atoms with Crippen LogP contribution in [0.3, 0.4) is 0 Å². The molecule has 1 aromatic carbocycles. The van der Waals surface area contributed by atoms with Crippen LogP contribution in [-0.2, 0) is 0 Å². The van der Waals surface area contributed by atoms with Gasteiger partial charge >= 0.3 is 0 Å². The molecule has 0 N–H and O–H groups in total. The topological polar surface area (TPSA) is 13.1 Å². The van der Waals surface area contributed by atoms with Crippen LogP contribution in [-0.4, -0.2) is 0 Å². The highest BCUT2D eigenvalue weighted by atomic mass is 35.5. The van der Waals surface area contributed by atoms with E-state index in [1.807, 2.05) is 25.1 Å². The third-order valence-corrected chi connectivity index (χ3v) is 2.14. The average Bonchev–Trinajstić information content (AvgIpc) is 2.36. The van der Waals surface area contributed by atoms with Crippen molar-refractivity contribution < 1.29 is 4.42 Å². The molecule has 1 aromatic heterocycles. The van der Waals surface area contributed by atoms with Crippen LogP contribution in [0.1, 0.15) is 5.56 Å². The molecule has 2 heteroatoms. The SMILES string of the molecule is Cc1cc2ccoc2cc1Cl. The fourth-order valence-electron chi connectivity index (χ4n) is 1.10. The minimum atomic E-state index is 0.757. The second-order valence-corrected chi connectivity index (χ2v) is 2.97. The Bertz CT molecular complexity index is 353. The van der Waals surface area contributed by atoms with Gasteiger partial charge in [0.2, 0.25) is 0 Å². The number of aryl methyl sites for hydroxylation is 1. The summed E-state index contributed by atoms with van der Waals surface area (Å²) in [6.45, 7) is 1.98. The first-order valence-electron chi connectivity index (χ1n) is 3.41. The standard InChI is InChI=1S/C9H7ClO/c1-6-4-7-2-3-11-9(7)5-8(6)10/h2-5H,1H3. The van der Waals surface area contributed by atoms with Gasteiger partial charge in [-0.1, -0.05) is 11.6 Å². The molecule has 0 bridgehead atoms. The summed E-state index contributed by atoms with van der Waals surface area (Å²) in [7, 11) is 0. The second-order valence-electron chi connectivity index (χ2n) is 2.56. The molecule has 0 aliphatic carbocycles. The van der Waals surface area contributed by atoms with Crippen LogP contribution in [0.5, 0.6) is 0 Å². The molecule has 1 heterocycles. The van der Waals surface area contributed by atoms with Gasteiger partial charge in [0, 0.05) is 16.5 Å². The van der Waals surface area contributed by atoms with E-state index in [1.165, 1.54) is 0 Å². The maximum absolute atomic E-state index is 5.88. The minimum absolute atomic E-state index is 0.757. The number of halogens is 1. The lowest BCUT2D eigenvalue weighted by Crippen LogP contribution is -1.72. The molecule has 0 atom stereocenters. The van der Waals surface area contributed by atoms with E-state index in [2.05, 4.69) is 0 Å². The highest BCUT2D eigenvalue weighted by molar-refractivity contribution is 6.32. The summed E-state index contributed by atoms with van der Waals surface area (Å²) in [6.07, 6.45) is 1.67. The van der Waals surface area contributed by atoms with E-state index in [0.717, 1.165) is 21.6 Å². The van der Waals surface area contributed by atoms with E-state index in [1.54, 1.807) is 6.26 Å². The normalized spacial score (nSPS) is 10.7. The Kier molecular flexibility index (Phi) is 1.40. The van der Waals surface area contributed by atoms with Crippen molar-refractivity contribution in [2.75, 3.05) is 0 Å². The van der Waals surface area contributed by atoms with Gasteiger partial charge in [0.15, 0.2) is 0 Å². The van der Waals surface area contributed by atoms with Gasteiger partial charge in [-0.25, -0.2) is 0 Å². The number of benzene rings is 1. The van der Waals surface area contributed by atoms with Crippen molar-refractivity contribution in [3.63, 3.8) is 0 Å². The lowest BCUT2D eigenvalue weighted by Gasteiger charge is -1.95. The average molecular weight is 167 g/mol. The Labute approximate surface area is 69.6 Å². The Morgan fingerprint density at radius 1 is 1.36 bits per heavy atom. The molecule has 2 rings (SSSR count). The van der Waals surface area contributed by atoms with E-state index in [-0.39, 0.29) is 0 Å². The van der Waals surface area contributed by atoms with Gasteiger partial charge in [0.1, 0.15) is 5.58 Å². The molecule has 0 saturated carbocycles. The van der Waals surface area contributed by atoms with Crippen molar-refractivity contribution in [3.05, 3.63) is 35.0 Å².